The molecule has 3 fully saturated rings. The van der Waals surface area contributed by atoms with Crippen molar-refractivity contribution in [3.8, 4) is 0 Å². The molecule has 2 aliphatic heterocycles. The van der Waals surface area contributed by atoms with Crippen LogP contribution >= 0.6 is 0 Å². The standard InChI is InChI=1S/C16H24N4O3S/c1-18-5-7-19(8-6-18)16(21)14-10-15(12-2-3-12)20(17-14)13-4-9-24(22,23)11-13/h10,12-13H,2-9,11H2,1H3. The van der Waals surface area contributed by atoms with Gasteiger partial charge in [0.15, 0.2) is 15.5 Å². The van der Waals surface area contributed by atoms with E-state index in [4.69, 9.17) is 0 Å². The largest absolute Gasteiger partial charge is 0.335 e. The van der Waals surface area contributed by atoms with E-state index in [1.165, 1.54) is 0 Å². The molecule has 1 aromatic rings. The Labute approximate surface area is 142 Å². The third-order valence-electron chi connectivity index (χ3n) is 5.32. The predicted octanol–water partition coefficient (Wildman–Crippen LogP) is 0.508. The van der Waals surface area contributed by atoms with Gasteiger partial charge in [0.2, 0.25) is 0 Å². The van der Waals surface area contributed by atoms with E-state index in [0.29, 0.717) is 18.0 Å². The van der Waals surface area contributed by atoms with Gasteiger partial charge in [0, 0.05) is 37.8 Å². The average molecular weight is 352 g/mol. The number of hydrogen-bond donors (Lipinski definition) is 0. The number of amides is 1. The molecule has 0 bridgehead atoms. The summed E-state index contributed by atoms with van der Waals surface area (Å²) in [4.78, 5) is 16.8. The summed E-state index contributed by atoms with van der Waals surface area (Å²) in [6.07, 6.45) is 2.81. The van der Waals surface area contributed by atoms with Gasteiger partial charge in [-0.1, -0.05) is 0 Å². The first-order chi connectivity index (χ1) is 11.4. The average Bonchev–Trinajstić information content (AvgIpc) is 3.19. The molecule has 0 N–H and O–H groups in total. The Balaban J connectivity index is 1.58. The molecule has 7 nitrogen and oxygen atoms in total. The van der Waals surface area contributed by atoms with Crippen LogP contribution in [0.25, 0.3) is 0 Å². The minimum Gasteiger partial charge on any atom is -0.335 e. The second kappa shape index (κ2) is 5.84. The summed E-state index contributed by atoms with van der Waals surface area (Å²) in [6, 6.07) is 1.79. The van der Waals surface area contributed by atoms with Crippen molar-refractivity contribution in [2.24, 2.45) is 0 Å². The van der Waals surface area contributed by atoms with Crippen molar-refractivity contribution in [3.63, 3.8) is 0 Å². The van der Waals surface area contributed by atoms with Crippen molar-refractivity contribution in [1.82, 2.24) is 19.6 Å². The lowest BCUT2D eigenvalue weighted by Crippen LogP contribution is -2.47. The van der Waals surface area contributed by atoms with Gasteiger partial charge in [-0.3, -0.25) is 9.48 Å². The number of carbonyl (C=O) groups excluding carboxylic acids is 1. The fraction of sp³-hybridized carbons (Fsp3) is 0.750. The molecule has 0 radical (unpaired) electrons. The maximum Gasteiger partial charge on any atom is 0.274 e. The Morgan fingerprint density at radius 1 is 1.17 bits per heavy atom. The number of sulfone groups is 1. The lowest BCUT2D eigenvalue weighted by atomic mass is 10.2. The van der Waals surface area contributed by atoms with Crippen LogP contribution in [0.15, 0.2) is 6.07 Å². The van der Waals surface area contributed by atoms with Gasteiger partial charge in [0.25, 0.3) is 5.91 Å². The van der Waals surface area contributed by atoms with Gasteiger partial charge in [-0.15, -0.1) is 0 Å². The van der Waals surface area contributed by atoms with Gasteiger partial charge in [-0.2, -0.15) is 5.10 Å². The summed E-state index contributed by atoms with van der Waals surface area (Å²) >= 11 is 0. The Bertz CT molecular complexity index is 745. The summed E-state index contributed by atoms with van der Waals surface area (Å²) in [6.45, 7) is 3.20. The molecular weight excluding hydrogens is 328 g/mol. The van der Waals surface area contributed by atoms with Crippen molar-refractivity contribution < 1.29 is 13.2 Å². The van der Waals surface area contributed by atoms with Gasteiger partial charge in [0.05, 0.1) is 17.5 Å². The molecule has 0 spiro atoms. The lowest BCUT2D eigenvalue weighted by Gasteiger charge is -2.31. The van der Waals surface area contributed by atoms with E-state index < -0.39 is 9.84 Å². The zero-order valence-electron chi connectivity index (χ0n) is 14.0. The van der Waals surface area contributed by atoms with E-state index in [1.54, 1.807) is 0 Å². The molecule has 8 heteroatoms. The number of rotatable bonds is 3. The van der Waals surface area contributed by atoms with E-state index in [0.717, 1.165) is 44.7 Å². The van der Waals surface area contributed by atoms with Crippen LogP contribution < -0.4 is 0 Å². The zero-order chi connectivity index (χ0) is 16.9. The minimum atomic E-state index is -2.96. The summed E-state index contributed by atoms with van der Waals surface area (Å²) in [5.41, 5.74) is 1.53. The van der Waals surface area contributed by atoms with Crippen LogP contribution in [-0.2, 0) is 9.84 Å². The summed E-state index contributed by atoms with van der Waals surface area (Å²) in [7, 11) is -0.907. The molecule has 1 atom stereocenters. The molecule has 0 aromatic carbocycles. The highest BCUT2D eigenvalue weighted by molar-refractivity contribution is 7.91. The number of carbonyl (C=O) groups is 1. The van der Waals surface area contributed by atoms with Crippen molar-refractivity contribution in [2.75, 3.05) is 44.7 Å². The quantitative estimate of drug-likeness (QED) is 0.792. The molecule has 3 aliphatic rings. The second-order valence-corrected chi connectivity index (χ2v) is 9.55. The maximum atomic E-state index is 12.8. The van der Waals surface area contributed by atoms with Crippen LogP contribution in [-0.4, -0.2) is 78.6 Å². The molecule has 1 aliphatic carbocycles. The first kappa shape index (κ1) is 16.1. The van der Waals surface area contributed by atoms with E-state index in [1.807, 2.05) is 15.6 Å². The highest BCUT2D eigenvalue weighted by Gasteiger charge is 2.36. The maximum absolute atomic E-state index is 12.8. The molecule has 1 amide bonds. The predicted molar refractivity (Wildman–Crippen MR) is 89.9 cm³/mol. The lowest BCUT2D eigenvalue weighted by molar-refractivity contribution is 0.0657. The van der Waals surface area contributed by atoms with Crippen LogP contribution in [0.2, 0.25) is 0 Å². The highest BCUT2D eigenvalue weighted by Crippen LogP contribution is 2.42. The van der Waals surface area contributed by atoms with Crippen LogP contribution in [0.4, 0.5) is 0 Å². The van der Waals surface area contributed by atoms with Crippen molar-refractivity contribution in [1.29, 1.82) is 0 Å². The van der Waals surface area contributed by atoms with E-state index in [9.17, 15) is 13.2 Å². The van der Waals surface area contributed by atoms with Crippen LogP contribution in [0.1, 0.15) is 47.4 Å². The fourth-order valence-corrected chi connectivity index (χ4v) is 5.32. The van der Waals surface area contributed by atoms with Crippen LogP contribution in [0.3, 0.4) is 0 Å². The molecule has 1 saturated carbocycles. The number of aromatic nitrogens is 2. The Hall–Kier alpha value is -1.41. The number of hydrogen-bond acceptors (Lipinski definition) is 5. The number of piperazine rings is 1. The van der Waals surface area contributed by atoms with Crippen molar-refractivity contribution in [3.05, 3.63) is 17.5 Å². The Morgan fingerprint density at radius 3 is 2.46 bits per heavy atom. The topological polar surface area (TPSA) is 75.5 Å². The Morgan fingerprint density at radius 2 is 1.88 bits per heavy atom. The smallest absolute Gasteiger partial charge is 0.274 e. The Kier molecular flexibility index (Phi) is 3.91. The monoisotopic (exact) mass is 352 g/mol. The van der Waals surface area contributed by atoms with Crippen molar-refractivity contribution >= 4 is 15.7 Å². The molecule has 132 valence electrons. The van der Waals surface area contributed by atoms with E-state index in [2.05, 4.69) is 17.0 Å². The highest BCUT2D eigenvalue weighted by atomic mass is 32.2. The zero-order valence-corrected chi connectivity index (χ0v) is 14.8. The van der Waals surface area contributed by atoms with Crippen molar-refractivity contribution in [2.45, 2.75) is 31.2 Å². The summed E-state index contributed by atoms with van der Waals surface area (Å²) in [5.74, 6) is 0.791. The third-order valence-corrected chi connectivity index (χ3v) is 7.07. The summed E-state index contributed by atoms with van der Waals surface area (Å²) in [5, 5.41) is 4.56. The van der Waals surface area contributed by atoms with Gasteiger partial charge in [-0.25, -0.2) is 8.42 Å². The fourth-order valence-electron chi connectivity index (χ4n) is 3.63. The first-order valence-corrected chi connectivity index (χ1v) is 10.5. The number of nitrogens with zero attached hydrogens (tertiary/aromatic N) is 4. The normalized spacial score (nSPS) is 27.5. The van der Waals surface area contributed by atoms with E-state index in [-0.39, 0.29) is 23.5 Å². The molecule has 1 aromatic heterocycles. The molecule has 4 rings (SSSR count). The van der Waals surface area contributed by atoms with Crippen LogP contribution in [0.5, 0.6) is 0 Å². The molecule has 2 saturated heterocycles. The van der Waals surface area contributed by atoms with E-state index >= 15 is 0 Å². The summed E-state index contributed by atoms with van der Waals surface area (Å²) < 4.78 is 25.5. The molecule has 24 heavy (non-hydrogen) atoms. The van der Waals surface area contributed by atoms with Gasteiger partial charge in [0.1, 0.15) is 0 Å². The minimum absolute atomic E-state index is 0.0235. The second-order valence-electron chi connectivity index (χ2n) is 7.33. The van der Waals surface area contributed by atoms with Gasteiger partial charge >= 0.3 is 0 Å². The first-order valence-electron chi connectivity index (χ1n) is 8.70. The van der Waals surface area contributed by atoms with Gasteiger partial charge < -0.3 is 9.80 Å². The molecule has 3 heterocycles. The SMILES string of the molecule is CN1CCN(C(=O)c2cc(C3CC3)n(C3CCS(=O)(=O)C3)n2)CC1. The number of likely N-dealkylation sites (N-methyl/N-ethyl adjacent to an activating group) is 1. The molecular formula is C16H24N4O3S. The molecule has 1 unspecified atom stereocenters. The van der Waals surface area contributed by atoms with Gasteiger partial charge in [-0.05, 0) is 32.4 Å². The third kappa shape index (κ3) is 3.09. The van der Waals surface area contributed by atoms with Crippen LogP contribution in [0, 0.1) is 0 Å².